The number of carbonyl (C=O) groups is 1. The van der Waals surface area contributed by atoms with Crippen molar-refractivity contribution in [3.8, 4) is 0 Å². The predicted molar refractivity (Wildman–Crippen MR) is 118 cm³/mol. The Morgan fingerprint density at radius 2 is 2.11 bits per heavy atom. The van der Waals surface area contributed by atoms with E-state index in [1.807, 2.05) is 34.4 Å². The van der Waals surface area contributed by atoms with Gasteiger partial charge in [-0.2, -0.15) is 0 Å². The van der Waals surface area contributed by atoms with E-state index in [1.54, 1.807) is 7.05 Å². The van der Waals surface area contributed by atoms with Gasteiger partial charge in [0.15, 0.2) is 5.96 Å². The lowest BCUT2D eigenvalue weighted by Gasteiger charge is -2.18. The molecule has 0 fully saturated rings. The third-order valence-corrected chi connectivity index (χ3v) is 5.92. The van der Waals surface area contributed by atoms with Crippen LogP contribution >= 0.6 is 11.3 Å². The van der Waals surface area contributed by atoms with Gasteiger partial charge in [0.05, 0.1) is 0 Å². The first-order chi connectivity index (χ1) is 13.7. The summed E-state index contributed by atoms with van der Waals surface area (Å²) in [5, 5.41) is 8.83. The molecule has 2 aromatic rings. The van der Waals surface area contributed by atoms with Crippen LogP contribution in [0.1, 0.15) is 30.2 Å². The number of anilines is 1. The number of nitrogens with zero attached hydrogens (tertiary/aromatic N) is 2. The van der Waals surface area contributed by atoms with Crippen molar-refractivity contribution in [2.24, 2.45) is 10.9 Å². The number of amides is 1. The molecule has 0 aliphatic carbocycles. The minimum atomic E-state index is 0.208. The van der Waals surface area contributed by atoms with Crippen LogP contribution in [-0.2, 0) is 17.6 Å². The van der Waals surface area contributed by atoms with Gasteiger partial charge in [0.1, 0.15) is 0 Å². The monoisotopic (exact) mass is 398 g/mol. The number of hydrogen-bond acceptors (Lipinski definition) is 3. The Labute approximate surface area is 171 Å². The summed E-state index contributed by atoms with van der Waals surface area (Å²) in [5.41, 5.74) is 2.35. The molecule has 28 heavy (non-hydrogen) atoms. The minimum Gasteiger partial charge on any atom is -0.356 e. The lowest BCUT2D eigenvalue weighted by molar-refractivity contribution is -0.118. The third-order valence-electron chi connectivity index (χ3n) is 5.02. The van der Waals surface area contributed by atoms with E-state index in [2.05, 4.69) is 46.1 Å². The van der Waals surface area contributed by atoms with E-state index < -0.39 is 0 Å². The minimum absolute atomic E-state index is 0.208. The fraction of sp³-hybridized carbons (Fsp3) is 0.455. The molecule has 0 saturated carbocycles. The summed E-state index contributed by atoms with van der Waals surface area (Å²) in [4.78, 5) is 20.2. The number of aliphatic imine (C=N–C) groups is 1. The van der Waals surface area contributed by atoms with E-state index in [4.69, 9.17) is 0 Å². The van der Waals surface area contributed by atoms with E-state index in [-0.39, 0.29) is 5.91 Å². The Morgan fingerprint density at radius 3 is 2.89 bits per heavy atom. The maximum atomic E-state index is 12.5. The van der Waals surface area contributed by atoms with Gasteiger partial charge in [0.2, 0.25) is 5.91 Å². The number of para-hydroxylation sites is 1. The van der Waals surface area contributed by atoms with Crippen LogP contribution in [0.5, 0.6) is 0 Å². The number of nitrogens with one attached hydrogen (secondary N) is 2. The fourth-order valence-corrected chi connectivity index (χ4v) is 4.38. The van der Waals surface area contributed by atoms with Gasteiger partial charge >= 0.3 is 0 Å². The zero-order valence-electron chi connectivity index (χ0n) is 16.8. The summed E-state index contributed by atoms with van der Waals surface area (Å²) in [7, 11) is 1.78. The highest BCUT2D eigenvalue weighted by Crippen LogP contribution is 2.27. The molecule has 6 heteroatoms. The number of fused-ring (bicyclic) bond motifs is 1. The summed E-state index contributed by atoms with van der Waals surface area (Å²) in [6.45, 7) is 4.66. The van der Waals surface area contributed by atoms with Crippen LogP contribution in [0.2, 0.25) is 0 Å². The van der Waals surface area contributed by atoms with Gasteiger partial charge < -0.3 is 15.5 Å². The highest BCUT2D eigenvalue weighted by Gasteiger charge is 2.23. The number of rotatable bonds is 8. The van der Waals surface area contributed by atoms with Crippen LogP contribution < -0.4 is 15.5 Å². The molecule has 1 amide bonds. The van der Waals surface area contributed by atoms with Crippen LogP contribution in [0.15, 0.2) is 46.8 Å². The first kappa shape index (κ1) is 20.4. The topological polar surface area (TPSA) is 56.7 Å². The average Bonchev–Trinajstić information content (AvgIpc) is 3.37. The summed E-state index contributed by atoms with van der Waals surface area (Å²) >= 11 is 1.81. The summed E-state index contributed by atoms with van der Waals surface area (Å²) in [6, 6.07) is 12.5. The molecule has 150 valence electrons. The summed E-state index contributed by atoms with van der Waals surface area (Å²) < 4.78 is 0. The second-order valence-corrected chi connectivity index (χ2v) is 8.33. The highest BCUT2D eigenvalue weighted by atomic mass is 32.1. The van der Waals surface area contributed by atoms with Crippen LogP contribution in [0.25, 0.3) is 0 Å². The smallest absolute Gasteiger partial charge is 0.227 e. The van der Waals surface area contributed by atoms with Crippen LogP contribution in [0, 0.1) is 5.92 Å². The molecule has 1 aromatic heterocycles. The summed E-state index contributed by atoms with van der Waals surface area (Å²) in [6.07, 6.45) is 3.38. The Morgan fingerprint density at radius 1 is 1.25 bits per heavy atom. The number of carbonyl (C=O) groups excluding carboxylic acids is 1. The lowest BCUT2D eigenvalue weighted by atomic mass is 10.1. The molecule has 2 N–H and O–H groups in total. The lowest BCUT2D eigenvalue weighted by Crippen LogP contribution is -2.40. The van der Waals surface area contributed by atoms with Crippen LogP contribution in [0.3, 0.4) is 0 Å². The van der Waals surface area contributed by atoms with Crippen molar-refractivity contribution in [3.63, 3.8) is 0 Å². The number of benzene rings is 1. The van der Waals surface area contributed by atoms with E-state index in [0.29, 0.717) is 12.3 Å². The van der Waals surface area contributed by atoms with Crippen LogP contribution in [0.4, 0.5) is 5.69 Å². The molecule has 1 unspecified atom stereocenters. The van der Waals surface area contributed by atoms with Gasteiger partial charge in [0, 0.05) is 43.7 Å². The van der Waals surface area contributed by atoms with Gasteiger partial charge in [-0.3, -0.25) is 9.79 Å². The molecule has 0 radical (unpaired) electrons. The van der Waals surface area contributed by atoms with Gasteiger partial charge in [-0.25, -0.2) is 0 Å². The SMILES string of the molecule is CN=C(NCCCC(=O)N1CCc2ccccc21)NCC(C)Cc1cccs1. The second kappa shape index (κ2) is 10.3. The van der Waals surface area contributed by atoms with Crippen molar-refractivity contribution >= 4 is 28.9 Å². The Balaban J connectivity index is 1.34. The maximum absolute atomic E-state index is 12.5. The van der Waals surface area contributed by atoms with Gasteiger partial charge in [-0.05, 0) is 48.3 Å². The Kier molecular flexibility index (Phi) is 7.48. The van der Waals surface area contributed by atoms with Gasteiger partial charge in [-0.15, -0.1) is 11.3 Å². The number of guanidine groups is 1. The van der Waals surface area contributed by atoms with Crippen molar-refractivity contribution in [1.82, 2.24) is 10.6 Å². The molecule has 0 spiro atoms. The molecule has 2 heterocycles. The Hall–Kier alpha value is -2.34. The van der Waals surface area contributed by atoms with E-state index in [1.165, 1.54) is 10.4 Å². The predicted octanol–water partition coefficient (Wildman–Crippen LogP) is 3.46. The standard InChI is InChI=1S/C22H30N4OS/c1-17(15-19-8-6-14-28-19)16-25-22(23-2)24-12-5-10-21(27)26-13-11-18-7-3-4-9-20(18)26/h3-4,6-9,14,17H,5,10-13,15-16H2,1-2H3,(H2,23,24,25). The van der Waals surface area contributed by atoms with E-state index >= 15 is 0 Å². The van der Waals surface area contributed by atoms with Crippen molar-refractivity contribution in [2.75, 3.05) is 31.6 Å². The molecule has 1 atom stereocenters. The highest BCUT2D eigenvalue weighted by molar-refractivity contribution is 7.09. The zero-order valence-corrected chi connectivity index (χ0v) is 17.6. The number of hydrogen-bond donors (Lipinski definition) is 2. The molecule has 5 nitrogen and oxygen atoms in total. The van der Waals surface area contributed by atoms with Gasteiger partial charge in [-0.1, -0.05) is 31.2 Å². The molecule has 0 bridgehead atoms. The molecular formula is C22H30N4OS. The first-order valence-electron chi connectivity index (χ1n) is 10.0. The van der Waals surface area contributed by atoms with Crippen molar-refractivity contribution in [1.29, 1.82) is 0 Å². The van der Waals surface area contributed by atoms with Crippen molar-refractivity contribution in [2.45, 2.75) is 32.6 Å². The molecular weight excluding hydrogens is 368 g/mol. The van der Waals surface area contributed by atoms with Crippen molar-refractivity contribution < 1.29 is 4.79 Å². The molecule has 1 aliphatic rings. The quantitative estimate of drug-likeness (QED) is 0.407. The first-order valence-corrected chi connectivity index (χ1v) is 10.9. The number of thiophene rings is 1. The Bertz CT molecular complexity index is 788. The molecule has 1 aromatic carbocycles. The average molecular weight is 399 g/mol. The maximum Gasteiger partial charge on any atom is 0.227 e. The largest absolute Gasteiger partial charge is 0.356 e. The second-order valence-electron chi connectivity index (χ2n) is 7.30. The van der Waals surface area contributed by atoms with E-state index in [0.717, 1.165) is 50.5 Å². The molecule has 1 aliphatic heterocycles. The van der Waals surface area contributed by atoms with Gasteiger partial charge in [0.25, 0.3) is 0 Å². The molecule has 0 saturated heterocycles. The summed E-state index contributed by atoms with van der Waals surface area (Å²) in [5.74, 6) is 1.55. The fourth-order valence-electron chi connectivity index (χ4n) is 3.51. The normalized spacial score (nSPS) is 14.6. The van der Waals surface area contributed by atoms with Crippen LogP contribution in [-0.4, -0.2) is 38.5 Å². The zero-order chi connectivity index (χ0) is 19.8. The molecule has 3 rings (SSSR count). The van der Waals surface area contributed by atoms with Crippen molar-refractivity contribution in [3.05, 3.63) is 52.2 Å². The third kappa shape index (κ3) is 5.58. The van der Waals surface area contributed by atoms with E-state index in [9.17, 15) is 4.79 Å².